The molecular weight excluding hydrogens is 515 g/mol. The maximum Gasteiger partial charge on any atom is 0.263 e. The summed E-state index contributed by atoms with van der Waals surface area (Å²) in [6.07, 6.45) is 4.35. The maximum absolute atomic E-state index is 9.50. The number of anilines is 1. The summed E-state index contributed by atoms with van der Waals surface area (Å²) in [6, 6.07) is 16.6. The summed E-state index contributed by atoms with van der Waals surface area (Å²) in [5, 5.41) is 21.2. The second-order valence-corrected chi connectivity index (χ2v) is 8.72. The van der Waals surface area contributed by atoms with Crippen LogP contribution in [0.5, 0.6) is 0 Å². The molecule has 0 unspecified atom stereocenters. The zero-order chi connectivity index (χ0) is 19.5. The number of aromatic nitrogens is 1. The minimum atomic E-state index is 0. The van der Waals surface area contributed by atoms with Gasteiger partial charge in [-0.05, 0) is 36.8 Å². The van der Waals surface area contributed by atoms with E-state index in [0.717, 1.165) is 26.8 Å². The van der Waals surface area contributed by atoms with Crippen LogP contribution in [0.15, 0.2) is 70.1 Å². The van der Waals surface area contributed by atoms with Gasteiger partial charge in [0, 0.05) is 23.6 Å². The molecule has 7 heteroatoms. The van der Waals surface area contributed by atoms with Crippen molar-refractivity contribution >= 4 is 45.1 Å². The van der Waals surface area contributed by atoms with Gasteiger partial charge >= 0.3 is 0 Å². The Morgan fingerprint density at radius 1 is 1.07 bits per heavy atom. The van der Waals surface area contributed by atoms with Crippen molar-refractivity contribution in [3.05, 3.63) is 70.2 Å². The van der Waals surface area contributed by atoms with Gasteiger partial charge in [-0.15, -0.1) is 0 Å². The van der Waals surface area contributed by atoms with E-state index in [2.05, 4.69) is 52.8 Å². The summed E-state index contributed by atoms with van der Waals surface area (Å²) in [5.74, 6) is 0. The highest BCUT2D eigenvalue weighted by atomic mass is 127. The van der Waals surface area contributed by atoms with E-state index in [1.807, 2.05) is 24.3 Å². The molecule has 152 valence electrons. The molecule has 2 heterocycles. The number of thiazole rings is 1. The van der Waals surface area contributed by atoms with Crippen LogP contribution >= 0.6 is 23.1 Å². The van der Waals surface area contributed by atoms with Crippen LogP contribution in [0.2, 0.25) is 0 Å². The van der Waals surface area contributed by atoms with E-state index >= 15 is 0 Å². The topological polar surface area (TPSA) is 47.6 Å². The predicted molar refractivity (Wildman–Crippen MR) is 118 cm³/mol. The van der Waals surface area contributed by atoms with E-state index in [-0.39, 0.29) is 37.2 Å². The molecule has 1 aromatic heterocycles. The number of halogens is 1. The van der Waals surface area contributed by atoms with Crippen LogP contribution in [0.3, 0.4) is 0 Å². The molecule has 0 aliphatic carbocycles. The molecule has 3 aromatic rings. The van der Waals surface area contributed by atoms with E-state index in [1.54, 1.807) is 23.1 Å². The highest BCUT2D eigenvalue weighted by molar-refractivity contribution is 8.03. The number of allylic oxidation sites excluding steroid dienone is 2. The van der Waals surface area contributed by atoms with Crippen LogP contribution in [-0.2, 0) is 6.54 Å². The third kappa shape index (κ3) is 4.69. The van der Waals surface area contributed by atoms with Gasteiger partial charge in [-0.1, -0.05) is 47.4 Å². The van der Waals surface area contributed by atoms with Crippen molar-refractivity contribution < 1.29 is 38.8 Å². The van der Waals surface area contributed by atoms with Gasteiger partial charge in [0.1, 0.15) is 11.3 Å². The summed E-state index contributed by atoms with van der Waals surface area (Å²) in [6.45, 7) is 3.48. The largest absolute Gasteiger partial charge is 1.00 e. The van der Waals surface area contributed by atoms with Crippen LogP contribution in [0.1, 0.15) is 11.9 Å². The zero-order valence-corrected chi connectivity index (χ0v) is 19.9. The zero-order valence-electron chi connectivity index (χ0n) is 16.1. The Bertz CT molecular complexity index is 1060. The number of nitrogens with zero attached hydrogens (tertiary/aromatic N) is 2. The lowest BCUT2D eigenvalue weighted by Crippen LogP contribution is -3.00. The smallest absolute Gasteiger partial charge is 0.263 e. The molecule has 2 N–H and O–H groups in total. The van der Waals surface area contributed by atoms with Crippen LogP contribution in [0.4, 0.5) is 5.69 Å². The first-order valence-corrected chi connectivity index (χ1v) is 10.9. The molecule has 4 rings (SSSR count). The Hall–Kier alpha value is -1.39. The quantitative estimate of drug-likeness (QED) is 0.364. The van der Waals surface area contributed by atoms with Gasteiger partial charge in [-0.3, -0.25) is 0 Å². The Kier molecular flexibility index (Phi) is 7.75. The van der Waals surface area contributed by atoms with Gasteiger partial charge in [-0.25, -0.2) is 0 Å². The summed E-state index contributed by atoms with van der Waals surface area (Å²) >= 11 is 3.47. The number of aliphatic hydroxyl groups is 2. The average molecular weight is 538 g/mol. The number of fused-ring (bicyclic) bond motifs is 2. The number of rotatable bonds is 6. The summed E-state index contributed by atoms with van der Waals surface area (Å²) < 4.78 is 3.39. The van der Waals surface area contributed by atoms with Crippen molar-refractivity contribution in [2.75, 3.05) is 24.7 Å². The van der Waals surface area contributed by atoms with Crippen molar-refractivity contribution in [2.24, 2.45) is 0 Å². The molecule has 29 heavy (non-hydrogen) atoms. The SMILES string of the molecule is CC(/C=C1\Sc2ccccc2N1CCO)=C\c1sc2ccccc2[n+]1CCO.[I-]. The van der Waals surface area contributed by atoms with Crippen LogP contribution in [0.25, 0.3) is 16.3 Å². The highest BCUT2D eigenvalue weighted by Gasteiger charge is 2.24. The van der Waals surface area contributed by atoms with E-state index in [0.29, 0.717) is 13.1 Å². The van der Waals surface area contributed by atoms with Crippen molar-refractivity contribution in [3.8, 4) is 0 Å². The second kappa shape index (κ2) is 10.1. The number of hydrogen-bond acceptors (Lipinski definition) is 5. The molecule has 0 radical (unpaired) electrons. The highest BCUT2D eigenvalue weighted by Crippen LogP contribution is 2.45. The summed E-state index contributed by atoms with van der Waals surface area (Å²) in [5.41, 5.74) is 3.44. The molecule has 1 aliphatic heterocycles. The Morgan fingerprint density at radius 2 is 1.83 bits per heavy atom. The average Bonchev–Trinajstić information content (AvgIpc) is 3.21. The predicted octanol–water partition coefficient (Wildman–Crippen LogP) is 1.03. The number of β-amino-alcohol motifs (C(OH)–C–C–N with tert-alkyl or cyclic N) is 1. The van der Waals surface area contributed by atoms with Crippen LogP contribution in [0, 0.1) is 0 Å². The Balaban J connectivity index is 0.00000240. The van der Waals surface area contributed by atoms with E-state index in [9.17, 15) is 10.2 Å². The van der Waals surface area contributed by atoms with Gasteiger partial charge in [0.2, 0.25) is 5.52 Å². The van der Waals surface area contributed by atoms with Gasteiger partial charge in [0.25, 0.3) is 5.01 Å². The lowest BCUT2D eigenvalue weighted by atomic mass is 10.2. The molecule has 0 fully saturated rings. The normalized spacial score (nSPS) is 15.1. The van der Waals surface area contributed by atoms with Gasteiger partial charge in [-0.2, -0.15) is 4.57 Å². The number of hydrogen-bond donors (Lipinski definition) is 2. The van der Waals surface area contributed by atoms with E-state index in [4.69, 9.17) is 0 Å². The van der Waals surface area contributed by atoms with Crippen LogP contribution in [-0.4, -0.2) is 30.0 Å². The standard InChI is InChI=1S/C22H23N2O2S2.HI/c1-16(14-21-23(10-12-25)17-6-2-4-8-19(17)27-21)15-22-24(11-13-26)18-7-3-5-9-20(18)28-22;/h2-9,14-15,25-26H,10-13H2,1H3;1H/q+1;/p-1. The molecular formula is C22H23IN2O2S2. The molecule has 0 bridgehead atoms. The molecule has 0 spiro atoms. The Morgan fingerprint density at radius 3 is 2.62 bits per heavy atom. The van der Waals surface area contributed by atoms with Crippen molar-refractivity contribution in [2.45, 2.75) is 18.4 Å². The molecule has 0 atom stereocenters. The lowest BCUT2D eigenvalue weighted by Gasteiger charge is -2.19. The van der Waals surface area contributed by atoms with E-state index < -0.39 is 0 Å². The number of aliphatic hydroxyl groups excluding tert-OH is 2. The molecule has 2 aromatic carbocycles. The van der Waals surface area contributed by atoms with Gasteiger partial charge in [0.05, 0.1) is 17.3 Å². The summed E-state index contributed by atoms with van der Waals surface area (Å²) in [7, 11) is 0. The van der Waals surface area contributed by atoms with Gasteiger partial charge in [0.15, 0.2) is 6.54 Å². The molecule has 0 amide bonds. The third-order valence-corrected chi connectivity index (χ3v) is 6.85. The fourth-order valence-electron chi connectivity index (χ4n) is 3.41. The lowest BCUT2D eigenvalue weighted by molar-refractivity contribution is -0.670. The maximum atomic E-state index is 9.50. The molecule has 0 saturated heterocycles. The van der Waals surface area contributed by atoms with Gasteiger partial charge < -0.3 is 39.1 Å². The van der Waals surface area contributed by atoms with Crippen molar-refractivity contribution in [1.29, 1.82) is 0 Å². The Labute approximate surface area is 196 Å². The minimum Gasteiger partial charge on any atom is -1.00 e. The third-order valence-electron chi connectivity index (χ3n) is 4.62. The van der Waals surface area contributed by atoms with Crippen LogP contribution < -0.4 is 33.4 Å². The first-order chi connectivity index (χ1) is 13.7. The number of para-hydroxylation sites is 2. The van der Waals surface area contributed by atoms with Crippen molar-refractivity contribution in [1.82, 2.24) is 0 Å². The first kappa shape index (κ1) is 22.3. The fourth-order valence-corrected chi connectivity index (χ4v) is 5.81. The minimum absolute atomic E-state index is 0. The second-order valence-electron chi connectivity index (χ2n) is 6.60. The molecule has 1 aliphatic rings. The number of benzene rings is 2. The monoisotopic (exact) mass is 538 g/mol. The van der Waals surface area contributed by atoms with E-state index in [1.165, 1.54) is 9.60 Å². The number of thioether (sulfide) groups is 1. The van der Waals surface area contributed by atoms with Crippen molar-refractivity contribution in [3.63, 3.8) is 0 Å². The molecule has 4 nitrogen and oxygen atoms in total. The first-order valence-electron chi connectivity index (χ1n) is 9.29. The summed E-state index contributed by atoms with van der Waals surface area (Å²) in [4.78, 5) is 3.39. The fraction of sp³-hybridized carbons (Fsp3) is 0.227. The molecule has 0 saturated carbocycles.